The van der Waals surface area contributed by atoms with E-state index in [1.165, 1.54) is 84.7 Å². The van der Waals surface area contributed by atoms with Crippen LogP contribution in [0, 0.1) is 0 Å². The van der Waals surface area contributed by atoms with E-state index in [0.717, 1.165) is 207 Å². The van der Waals surface area contributed by atoms with Crippen molar-refractivity contribution in [2.75, 3.05) is 46.0 Å². The van der Waals surface area contributed by atoms with E-state index in [-0.39, 0.29) is 0 Å². The number of unbranched alkanes of at least 4 members (excludes halogenated alkanes) is 8. The van der Waals surface area contributed by atoms with E-state index < -0.39 is 0 Å². The van der Waals surface area contributed by atoms with E-state index >= 15 is 0 Å². The topological polar surface area (TPSA) is 63.0 Å². The number of nitrogens with zero attached hydrogens (tertiary/aromatic N) is 4. The van der Waals surface area contributed by atoms with Crippen LogP contribution in [0.25, 0.3) is 101 Å². The Bertz CT molecular complexity index is 6820. The lowest BCUT2D eigenvalue weighted by Gasteiger charge is -2.26. The molecule has 710 valence electrons. The lowest BCUT2D eigenvalue weighted by Crippen LogP contribution is -2.10. The van der Waals surface area contributed by atoms with Gasteiger partial charge < -0.3 is 43.0 Å². The second-order valence-electron chi connectivity index (χ2n) is 37.0. The summed E-state index contributed by atoms with van der Waals surface area (Å²) in [6.07, 6.45) is 19.6. The number of rotatable bonds is 46. The number of furan rings is 1. The van der Waals surface area contributed by atoms with Crippen molar-refractivity contribution in [3.8, 4) is 78.3 Å². The Morgan fingerprint density at radius 2 is 0.448 bits per heavy atom. The Morgan fingerprint density at radius 1 is 0.217 bits per heavy atom. The number of fused-ring (bicyclic) bond motifs is 3. The van der Waals surface area contributed by atoms with Crippen molar-refractivity contribution < 1.29 is 23.4 Å². The molecule has 143 heavy (non-hydrogen) atoms. The number of hydrogen-bond donors (Lipinski definition) is 0. The maximum atomic E-state index is 6.95. The zero-order valence-corrected chi connectivity index (χ0v) is 82.1. The molecule has 0 unspecified atom stereocenters. The smallest absolute Gasteiger partial charge is 0.137 e. The summed E-state index contributed by atoms with van der Waals surface area (Å²) >= 11 is 0. The first-order valence-corrected chi connectivity index (χ1v) is 51.0. The Hall–Kier alpha value is -16.0. The normalized spacial score (nSPS) is 11.3. The van der Waals surface area contributed by atoms with Crippen molar-refractivity contribution in [1.82, 2.24) is 0 Å². The molecule has 0 atom stereocenters. The van der Waals surface area contributed by atoms with Crippen LogP contribution in [-0.4, -0.2) is 26.4 Å². The summed E-state index contributed by atoms with van der Waals surface area (Å²) in [5.41, 5.74) is 35.6. The Balaban J connectivity index is 0.486. The van der Waals surface area contributed by atoms with Gasteiger partial charge in [0.05, 0.1) is 26.4 Å². The van der Waals surface area contributed by atoms with Crippen LogP contribution in [-0.2, 0) is 35.5 Å². The third kappa shape index (κ3) is 24.3. The minimum atomic E-state index is 0.561. The first-order chi connectivity index (χ1) is 70.7. The lowest BCUT2D eigenvalue weighted by molar-refractivity contribution is 0.113. The minimum Gasteiger partial charge on any atom is -0.494 e. The second-order valence-corrected chi connectivity index (χ2v) is 37.0. The van der Waals surface area contributed by atoms with E-state index in [4.69, 9.17) is 23.4 Å². The van der Waals surface area contributed by atoms with Crippen molar-refractivity contribution in [2.45, 2.75) is 117 Å². The second kappa shape index (κ2) is 47.7. The van der Waals surface area contributed by atoms with Crippen LogP contribution in [0.3, 0.4) is 0 Å². The summed E-state index contributed by atoms with van der Waals surface area (Å²) in [4.78, 5) is 9.33. The third-order valence-corrected chi connectivity index (χ3v) is 27.1. The highest BCUT2D eigenvalue weighted by Gasteiger charge is 2.23. The summed E-state index contributed by atoms with van der Waals surface area (Å²) in [5.74, 6) is 1.76. The predicted molar refractivity (Wildman–Crippen MR) is 603 cm³/mol. The Labute approximate surface area is 844 Å². The summed E-state index contributed by atoms with van der Waals surface area (Å²) in [5, 5.41) is 2.11. The standard InChI is InChI=1S/C134H124N4O5/c1-5-9-11-15-25-101-31-67-119(68-32-101)135(121-71-35-103(36-72-121)97-139-91-21-23-93-141-129-85-39-99(7-3)40-86-129)123-75-59-113(60-76-123)109-51-43-105(44-52-109)107-47-55-111(56-48-107)115-63-79-125(80-64-115)137(117-27-17-13-18-28-117)127-83-89-131-132-90-84-128(96-134(132)143-133(131)95-127)138(118-29-19-14-20-30-118)126-81-65-116(66-82-126)112-57-49-108(50-58-112)106-45-53-110(54-46-106)114-61-77-124(78-62-114)136(120-69-33-102(34-70-120)26-16-12-10-6-2)122-73-37-104(38-74-122)98-140-92-22-24-94-142-130-87-41-100(8-4)42-88-130/h7-8,13-14,17-20,27-90,95-96H,3-6,9-12,15-16,21-26,91-94,97-98H2,1-2H3. The molecule has 0 radical (unpaired) electrons. The SMILES string of the molecule is C=Cc1ccc(OCCCCOCc2ccc(N(c3ccc(CCCCCC)cc3)c3ccc(-c4ccc(-c5ccc(-c6ccc(N(c7ccccc7)c7ccc8c(c7)oc7cc(N(c9ccccc9)c9ccc(-c%10ccc(-c%11ccc(-c%12ccc(N(c%13ccc(CCCCCC)cc%13)c%13ccc(COCCCCOc%14ccc(C=C)cc%14)cc%13)cc%12)cc%11)cc%10)cc9)ccc78)cc6)cc5)cc4)cc3)cc2)cc1. The molecular weight excluding hydrogens is 1750 g/mol. The van der Waals surface area contributed by atoms with Crippen LogP contribution in [0.4, 0.5) is 68.2 Å². The van der Waals surface area contributed by atoms with Gasteiger partial charge in [-0.15, -0.1) is 0 Å². The molecule has 19 rings (SSSR count). The fourth-order valence-corrected chi connectivity index (χ4v) is 19.0. The van der Waals surface area contributed by atoms with Crippen molar-refractivity contribution >= 4 is 102 Å². The molecule has 9 heteroatoms. The molecule has 9 nitrogen and oxygen atoms in total. The van der Waals surface area contributed by atoms with E-state index in [1.54, 1.807) is 0 Å². The number of anilines is 12. The first kappa shape index (κ1) is 95.9. The number of hydrogen-bond acceptors (Lipinski definition) is 9. The average Bonchev–Trinajstić information content (AvgIpc) is 1.62. The molecule has 0 amide bonds. The zero-order valence-electron chi connectivity index (χ0n) is 82.1. The largest absolute Gasteiger partial charge is 0.494 e. The van der Waals surface area contributed by atoms with E-state index in [1.807, 2.05) is 60.7 Å². The van der Waals surface area contributed by atoms with Gasteiger partial charge in [0.25, 0.3) is 0 Å². The maximum absolute atomic E-state index is 6.95. The first-order valence-electron chi connectivity index (χ1n) is 51.0. The van der Waals surface area contributed by atoms with Gasteiger partial charge in [-0.3, -0.25) is 0 Å². The van der Waals surface area contributed by atoms with Crippen LogP contribution in [0.15, 0.2) is 454 Å². The highest BCUT2D eigenvalue weighted by Crippen LogP contribution is 2.46. The summed E-state index contributed by atoms with van der Waals surface area (Å²) in [6, 6.07) is 158. The van der Waals surface area contributed by atoms with Crippen LogP contribution in [0.2, 0.25) is 0 Å². The molecule has 0 aliphatic rings. The molecule has 19 aromatic rings. The van der Waals surface area contributed by atoms with E-state index in [2.05, 4.69) is 435 Å². The van der Waals surface area contributed by atoms with Crippen LogP contribution in [0.5, 0.6) is 11.5 Å². The van der Waals surface area contributed by atoms with Gasteiger partial charge in [0, 0.05) is 104 Å². The van der Waals surface area contributed by atoms with Crippen LogP contribution >= 0.6 is 0 Å². The Morgan fingerprint density at radius 3 is 0.713 bits per heavy atom. The predicted octanol–water partition coefficient (Wildman–Crippen LogP) is 37.8. The fraction of sp³-hybridized carbons (Fsp3) is 0.164. The Kier molecular flexibility index (Phi) is 32.0. The quantitative estimate of drug-likeness (QED) is 0.0347. The summed E-state index contributed by atoms with van der Waals surface area (Å²) in [6.45, 7) is 16.0. The molecule has 0 bridgehead atoms. The van der Waals surface area contributed by atoms with Crippen LogP contribution < -0.4 is 29.1 Å². The van der Waals surface area contributed by atoms with Crippen molar-refractivity contribution in [1.29, 1.82) is 0 Å². The molecule has 0 saturated heterocycles. The highest BCUT2D eigenvalue weighted by atomic mass is 16.5. The molecular formula is C134H124N4O5. The molecule has 1 aromatic heterocycles. The molecule has 0 aliphatic heterocycles. The van der Waals surface area contributed by atoms with Gasteiger partial charge >= 0.3 is 0 Å². The number of para-hydroxylation sites is 2. The van der Waals surface area contributed by atoms with Crippen molar-refractivity contribution in [3.63, 3.8) is 0 Å². The lowest BCUT2D eigenvalue weighted by atomic mass is 9.97. The fourth-order valence-electron chi connectivity index (χ4n) is 19.0. The minimum absolute atomic E-state index is 0.561. The number of ether oxygens (including phenoxy) is 4. The van der Waals surface area contributed by atoms with Gasteiger partial charge in [-0.25, -0.2) is 0 Å². The average molecular weight is 1870 g/mol. The van der Waals surface area contributed by atoms with Gasteiger partial charge in [0.2, 0.25) is 0 Å². The monoisotopic (exact) mass is 1870 g/mol. The van der Waals surface area contributed by atoms with E-state index in [9.17, 15) is 0 Å². The van der Waals surface area contributed by atoms with E-state index in [0.29, 0.717) is 39.6 Å². The maximum Gasteiger partial charge on any atom is 0.137 e. The highest BCUT2D eigenvalue weighted by molar-refractivity contribution is 6.07. The third-order valence-electron chi connectivity index (χ3n) is 27.1. The van der Waals surface area contributed by atoms with Gasteiger partial charge in [0.1, 0.15) is 22.7 Å². The van der Waals surface area contributed by atoms with Crippen molar-refractivity contribution in [2.24, 2.45) is 0 Å². The van der Waals surface area contributed by atoms with Gasteiger partial charge in [-0.1, -0.05) is 332 Å². The number of benzene rings is 18. The van der Waals surface area contributed by atoms with Gasteiger partial charge in [-0.2, -0.15) is 0 Å². The zero-order chi connectivity index (χ0) is 97.1. The molecule has 18 aromatic carbocycles. The molecule has 1 heterocycles. The van der Waals surface area contributed by atoms with Crippen molar-refractivity contribution in [3.05, 3.63) is 483 Å². The van der Waals surface area contributed by atoms with Gasteiger partial charge in [-0.05, 0) is 321 Å². The molecule has 0 spiro atoms. The summed E-state index contributed by atoms with van der Waals surface area (Å²) in [7, 11) is 0. The van der Waals surface area contributed by atoms with Crippen LogP contribution in [0.1, 0.15) is 124 Å². The number of aryl methyl sites for hydroxylation is 2. The molecule has 0 fully saturated rings. The summed E-state index contributed by atoms with van der Waals surface area (Å²) < 4.78 is 31.2. The molecule has 0 aliphatic carbocycles. The molecule has 0 N–H and O–H groups in total. The molecule has 0 saturated carbocycles. The van der Waals surface area contributed by atoms with Gasteiger partial charge in [0.15, 0.2) is 0 Å².